The normalized spacial score (nSPS) is 54.9. The number of ether oxygens (including phenoxy) is 10. The predicted molar refractivity (Wildman–Crippen MR) is 284 cm³/mol. The van der Waals surface area contributed by atoms with Gasteiger partial charge >= 0.3 is 5.97 Å². The highest BCUT2D eigenvalue weighted by molar-refractivity contribution is 5.76. The molecule has 0 radical (unpaired) electrons. The molecule has 0 bridgehead atoms. The first-order valence-corrected chi connectivity index (χ1v) is 30.2. The van der Waals surface area contributed by atoms with Gasteiger partial charge in [0.1, 0.15) is 104 Å². The van der Waals surface area contributed by atoms with Gasteiger partial charge in [-0.1, -0.05) is 53.2 Å². The molecule has 0 aromatic heterocycles. The molecular weight excluding hydrogens is 1110 g/mol. The minimum atomic E-state index is -2.07. The van der Waals surface area contributed by atoms with Gasteiger partial charge in [-0.15, -0.1) is 0 Å². The molecule has 4 saturated carbocycles. The summed E-state index contributed by atoms with van der Waals surface area (Å²) in [5, 5.41) is 165. The Kier molecular flexibility index (Phi) is 18.7. The fourth-order valence-electron chi connectivity index (χ4n) is 17.5. The van der Waals surface area contributed by atoms with Crippen LogP contribution in [0.25, 0.3) is 0 Å². The largest absolute Gasteiger partial charge is 0.481 e. The topological polar surface area (TPSA) is 413 Å². The van der Waals surface area contributed by atoms with Crippen molar-refractivity contribution < 1.29 is 129 Å². The number of carboxylic acid groups (broad SMARTS) is 1. The summed E-state index contributed by atoms with van der Waals surface area (Å²) in [6, 6.07) is 0. The van der Waals surface area contributed by atoms with Crippen molar-refractivity contribution >= 4 is 5.97 Å². The zero-order valence-electron chi connectivity index (χ0n) is 49.0. The van der Waals surface area contributed by atoms with E-state index >= 15 is 0 Å². The number of carbonyl (C=O) groups is 1. The van der Waals surface area contributed by atoms with Gasteiger partial charge in [-0.25, -0.2) is 0 Å². The Morgan fingerprint density at radius 3 is 1.67 bits per heavy atom. The van der Waals surface area contributed by atoms with Crippen molar-refractivity contribution in [2.75, 3.05) is 33.0 Å². The zero-order chi connectivity index (χ0) is 61.1. The number of aliphatic hydroxyl groups excluding tert-OH is 14. The third-order valence-corrected chi connectivity index (χ3v) is 22.9. The van der Waals surface area contributed by atoms with E-state index in [1.54, 1.807) is 0 Å². The molecule has 0 amide bonds. The monoisotopic (exact) mass is 1210 g/mol. The second-order valence-corrected chi connectivity index (χ2v) is 28.0. The van der Waals surface area contributed by atoms with E-state index < -0.39 is 184 Å². The molecule has 5 heterocycles. The molecule has 5 aliphatic heterocycles. The van der Waals surface area contributed by atoms with E-state index in [9.17, 15) is 81.4 Å². The second kappa shape index (κ2) is 24.1. The maximum Gasteiger partial charge on any atom is 0.310 e. The summed E-state index contributed by atoms with van der Waals surface area (Å²) in [7, 11) is 0. The van der Waals surface area contributed by atoms with Crippen molar-refractivity contribution in [1.82, 2.24) is 0 Å². The average molecular weight is 1210 g/mol. The first-order chi connectivity index (χ1) is 39.4. The van der Waals surface area contributed by atoms with Crippen molar-refractivity contribution in [1.29, 1.82) is 0 Å². The molecule has 5 aliphatic carbocycles. The lowest BCUT2D eigenvalue weighted by Crippen LogP contribution is -2.68. The quantitative estimate of drug-likeness (QED) is 0.0639. The van der Waals surface area contributed by atoms with Crippen LogP contribution in [0.1, 0.15) is 113 Å². The van der Waals surface area contributed by atoms with Gasteiger partial charge < -0.3 is 124 Å². The molecule has 10 rings (SSSR count). The van der Waals surface area contributed by atoms with E-state index in [4.69, 9.17) is 47.4 Å². The van der Waals surface area contributed by atoms with Crippen molar-refractivity contribution in [2.24, 2.45) is 50.2 Å². The maximum atomic E-state index is 13.2. The molecule has 26 nitrogen and oxygen atoms in total. The number of aliphatic hydroxyl groups is 14. The minimum Gasteiger partial charge on any atom is -0.481 e. The van der Waals surface area contributed by atoms with Crippen LogP contribution in [0, 0.1) is 50.2 Å². The molecule has 0 spiro atoms. The Labute approximate surface area is 488 Å². The van der Waals surface area contributed by atoms with Gasteiger partial charge in [0.2, 0.25) is 0 Å². The van der Waals surface area contributed by atoms with Crippen LogP contribution in [-0.4, -0.2) is 263 Å². The summed E-state index contributed by atoms with van der Waals surface area (Å²) in [6.07, 6.45) is -30.3. The predicted octanol–water partition coefficient (Wildman–Crippen LogP) is -2.37. The number of fused-ring (bicyclic) bond motifs is 7. The summed E-state index contributed by atoms with van der Waals surface area (Å²) in [5.74, 6) is -0.593. The van der Waals surface area contributed by atoms with E-state index in [-0.39, 0.29) is 52.6 Å². The summed E-state index contributed by atoms with van der Waals surface area (Å²) in [4.78, 5) is 13.2. The smallest absolute Gasteiger partial charge is 0.310 e. The molecule has 5 saturated heterocycles. The number of allylic oxidation sites excluding steroid dienone is 2. The van der Waals surface area contributed by atoms with Crippen LogP contribution >= 0.6 is 0 Å². The first kappa shape index (κ1) is 65.2. The van der Waals surface area contributed by atoms with E-state index in [1.165, 1.54) is 12.5 Å². The fourth-order valence-corrected chi connectivity index (χ4v) is 17.5. The molecular formula is C58H94O26. The number of hydrogen-bond donors (Lipinski definition) is 15. The fraction of sp³-hybridized carbons (Fsp3) is 0.948. The number of rotatable bonds is 14. The molecule has 0 aromatic carbocycles. The van der Waals surface area contributed by atoms with Crippen LogP contribution in [0.3, 0.4) is 0 Å². The molecule has 84 heavy (non-hydrogen) atoms. The van der Waals surface area contributed by atoms with Gasteiger partial charge in [0, 0.05) is 5.41 Å². The van der Waals surface area contributed by atoms with Crippen LogP contribution < -0.4 is 0 Å². The number of hydrogen-bond acceptors (Lipinski definition) is 25. The highest BCUT2D eigenvalue weighted by Gasteiger charge is 2.70. The van der Waals surface area contributed by atoms with Gasteiger partial charge in [-0.2, -0.15) is 0 Å². The first-order valence-electron chi connectivity index (χ1n) is 30.2. The lowest BCUT2D eigenvalue weighted by molar-refractivity contribution is -0.393. The van der Waals surface area contributed by atoms with Crippen molar-refractivity contribution in [2.45, 2.75) is 260 Å². The van der Waals surface area contributed by atoms with E-state index in [0.717, 1.165) is 38.5 Å². The highest BCUT2D eigenvalue weighted by Crippen LogP contribution is 2.76. The molecule has 10 aliphatic rings. The summed E-state index contributed by atoms with van der Waals surface area (Å²) in [6.45, 7) is 12.1. The third kappa shape index (κ3) is 10.8. The van der Waals surface area contributed by atoms with Crippen molar-refractivity contribution in [3.8, 4) is 0 Å². The van der Waals surface area contributed by atoms with E-state index in [1.807, 2.05) is 6.92 Å². The molecule has 0 aromatic rings. The minimum absolute atomic E-state index is 0.0212. The highest BCUT2D eigenvalue weighted by atomic mass is 16.8. The Hall–Kier alpha value is -1.75. The SMILES string of the molecule is C[C@@H]1O[C@@H](O[C@H]2[C@H](O)[C@@H](O)[C@H](O[C@H]3[C@H](O)[C@@H](O)[C@H](O[C@H]4[C@H](O[C@H]5CC[C@@]6(C)[C@@H](CC[C@]7(C)[C@@H]6CC=C6[C@@H]8CC(C)(C)CC[C@@]8(C(=O)O)CC[C@]67C)[C@]5(C)CO)OC[C@@H](O)[C@@H]4O)O[C@@H]3CO)O[C@@H]2CO)[C@H](O)[C@H](O[C@@H]2OC[C@@H](O)[C@H](O)[C@H]2O)[C@H]1O. The lowest BCUT2D eigenvalue weighted by atomic mass is 9.33. The summed E-state index contributed by atoms with van der Waals surface area (Å²) >= 11 is 0. The standard InChI is InChI=1S/C58H94O26/c1-24-34(64)45(83-47-39(69)35(65)27(62)21-75-47)42(72)50(77-24)82-44-30(20-60)78-48(40(70)37(44)67)81-43-29(19-59)79-49(41(71)38(43)68)84-46-36(66)28(63)22-76-51(46)80-33-11-12-54(4)31(55(33,5)23-61)10-13-57(7)32(54)9-8-25-26-18-53(2,3)14-16-58(26,52(73)74)17-15-56(25,57)6/h8,24,26-51,59-72H,9-23H2,1-7H3,(H,73,74)/t24-,26-,27+,28+,29+,30+,31+,32+,33-,34-,35-,36-,37+,38+,39+,40+,41+,42+,43+,44+,45+,46+,47-,48-,49-,50-,51-,54-,55-,56+,57+,58+/m0/s1. The Morgan fingerprint density at radius 1 is 0.548 bits per heavy atom. The van der Waals surface area contributed by atoms with E-state index in [0.29, 0.717) is 25.7 Å². The summed E-state index contributed by atoms with van der Waals surface area (Å²) < 4.78 is 59.1. The van der Waals surface area contributed by atoms with Gasteiger partial charge in [-0.3, -0.25) is 4.79 Å². The Morgan fingerprint density at radius 2 is 1.08 bits per heavy atom. The van der Waals surface area contributed by atoms with Crippen LogP contribution in [0.15, 0.2) is 11.6 Å². The van der Waals surface area contributed by atoms with Gasteiger partial charge in [0.05, 0.1) is 50.7 Å². The molecule has 26 heteroatoms. The molecule has 482 valence electrons. The van der Waals surface area contributed by atoms with Gasteiger partial charge in [0.15, 0.2) is 31.5 Å². The van der Waals surface area contributed by atoms with Crippen molar-refractivity contribution in [3.63, 3.8) is 0 Å². The zero-order valence-corrected chi connectivity index (χ0v) is 49.0. The van der Waals surface area contributed by atoms with Crippen LogP contribution in [0.2, 0.25) is 0 Å². The third-order valence-electron chi connectivity index (χ3n) is 22.9. The van der Waals surface area contributed by atoms with Crippen LogP contribution in [0.4, 0.5) is 0 Å². The Balaban J connectivity index is 0.799. The Bertz CT molecular complexity index is 2330. The molecule has 15 N–H and O–H groups in total. The average Bonchev–Trinajstić information content (AvgIpc) is 0.689. The van der Waals surface area contributed by atoms with Crippen LogP contribution in [-0.2, 0) is 52.2 Å². The summed E-state index contributed by atoms with van der Waals surface area (Å²) in [5.41, 5.74) is -0.986. The van der Waals surface area contributed by atoms with Gasteiger partial charge in [-0.05, 0) is 111 Å². The second-order valence-electron chi connectivity index (χ2n) is 28.0. The van der Waals surface area contributed by atoms with Gasteiger partial charge in [0.25, 0.3) is 0 Å². The molecule has 32 atom stereocenters. The maximum absolute atomic E-state index is 13.2. The number of carboxylic acids is 1. The van der Waals surface area contributed by atoms with E-state index in [2.05, 4.69) is 40.7 Å². The number of aliphatic carboxylic acids is 1. The van der Waals surface area contributed by atoms with Crippen LogP contribution in [0.5, 0.6) is 0 Å². The molecule has 0 unspecified atom stereocenters. The van der Waals surface area contributed by atoms with Crippen molar-refractivity contribution in [3.05, 3.63) is 11.6 Å². The lowest BCUT2D eigenvalue weighted by Gasteiger charge is -2.71. The molecule has 9 fully saturated rings.